The van der Waals surface area contributed by atoms with Crippen molar-refractivity contribution in [2.75, 3.05) is 40.5 Å². The van der Waals surface area contributed by atoms with Gasteiger partial charge in [0, 0.05) is 31.3 Å². The molecule has 2 rings (SSSR count). The fourth-order valence-electron chi connectivity index (χ4n) is 3.16. The molecule has 0 aromatic carbocycles. The van der Waals surface area contributed by atoms with Crippen LogP contribution in [0.2, 0.25) is 0 Å². The van der Waals surface area contributed by atoms with Crippen LogP contribution in [0.1, 0.15) is 18.2 Å². The summed E-state index contributed by atoms with van der Waals surface area (Å²) >= 11 is 0. The van der Waals surface area contributed by atoms with Crippen LogP contribution in [0.15, 0.2) is 15.8 Å². The highest BCUT2D eigenvalue weighted by atomic mass is 16.5. The summed E-state index contributed by atoms with van der Waals surface area (Å²) in [5.74, 6) is -1.17. The first-order valence-corrected chi connectivity index (χ1v) is 9.34. The Morgan fingerprint density at radius 1 is 1.23 bits per heavy atom. The first kappa shape index (κ1) is 23.7. The third-order valence-corrected chi connectivity index (χ3v) is 4.86. The molecule has 1 aliphatic heterocycles. The number of hydrogen-bond donors (Lipinski definition) is 2. The molecular formula is C18H27N3O9. The highest BCUT2D eigenvalue weighted by molar-refractivity contribution is 5.74. The molecule has 1 fully saturated rings. The molecule has 2 heterocycles. The lowest BCUT2D eigenvalue weighted by Crippen LogP contribution is -2.45. The Hall–Kier alpha value is -2.54. The summed E-state index contributed by atoms with van der Waals surface area (Å²) in [5, 5.41) is 19.2. The second-order valence-electron chi connectivity index (χ2n) is 6.94. The molecule has 0 unspecified atom stereocenters. The van der Waals surface area contributed by atoms with Crippen molar-refractivity contribution >= 4 is 11.9 Å². The van der Waals surface area contributed by atoms with Crippen LogP contribution in [0.4, 0.5) is 0 Å². The second kappa shape index (κ2) is 10.5. The number of ether oxygens (including phenoxy) is 3. The average molecular weight is 429 g/mol. The van der Waals surface area contributed by atoms with E-state index in [4.69, 9.17) is 4.74 Å². The molecule has 0 spiro atoms. The van der Waals surface area contributed by atoms with Crippen LogP contribution in [-0.4, -0.2) is 88.9 Å². The third kappa shape index (κ3) is 5.53. The van der Waals surface area contributed by atoms with Gasteiger partial charge in [0.15, 0.2) is 0 Å². The molecule has 1 aliphatic rings. The Bertz CT molecular complexity index is 861. The van der Waals surface area contributed by atoms with E-state index in [2.05, 4.69) is 9.47 Å². The van der Waals surface area contributed by atoms with E-state index >= 15 is 0 Å². The molecule has 0 aliphatic carbocycles. The van der Waals surface area contributed by atoms with Gasteiger partial charge < -0.3 is 24.4 Å². The summed E-state index contributed by atoms with van der Waals surface area (Å²) in [6.45, 7) is 0.598. The summed E-state index contributed by atoms with van der Waals surface area (Å²) in [5.41, 5.74) is -0.922. The minimum Gasteiger partial charge on any atom is -0.468 e. The van der Waals surface area contributed by atoms with Gasteiger partial charge in [0.25, 0.3) is 5.56 Å². The maximum absolute atomic E-state index is 12.9. The Kier molecular flexibility index (Phi) is 8.29. The molecule has 0 radical (unpaired) electrons. The van der Waals surface area contributed by atoms with Crippen molar-refractivity contribution in [1.29, 1.82) is 0 Å². The van der Waals surface area contributed by atoms with Crippen molar-refractivity contribution < 1.29 is 34.0 Å². The van der Waals surface area contributed by atoms with E-state index in [0.29, 0.717) is 0 Å². The van der Waals surface area contributed by atoms with Crippen LogP contribution in [0.5, 0.6) is 0 Å². The predicted molar refractivity (Wildman–Crippen MR) is 102 cm³/mol. The van der Waals surface area contributed by atoms with Gasteiger partial charge in [-0.15, -0.1) is 0 Å². The third-order valence-electron chi connectivity index (χ3n) is 4.86. The number of rotatable bonds is 9. The van der Waals surface area contributed by atoms with Gasteiger partial charge in [-0.1, -0.05) is 0 Å². The van der Waals surface area contributed by atoms with Crippen LogP contribution in [0, 0.1) is 6.92 Å². The lowest BCUT2D eigenvalue weighted by atomic mass is 10.2. The van der Waals surface area contributed by atoms with E-state index in [1.165, 1.54) is 36.8 Å². The van der Waals surface area contributed by atoms with Crippen molar-refractivity contribution in [2.24, 2.45) is 0 Å². The summed E-state index contributed by atoms with van der Waals surface area (Å²) in [7, 11) is 2.41. The predicted octanol–water partition coefficient (Wildman–Crippen LogP) is -2.39. The van der Waals surface area contributed by atoms with E-state index in [-0.39, 0.29) is 38.2 Å². The van der Waals surface area contributed by atoms with Gasteiger partial charge in [0.05, 0.1) is 40.0 Å². The number of methoxy groups -OCH3 is 2. The zero-order chi connectivity index (χ0) is 22.4. The quantitative estimate of drug-likeness (QED) is 0.407. The molecule has 3 atom stereocenters. The maximum atomic E-state index is 12.9. The van der Waals surface area contributed by atoms with Gasteiger partial charge in [-0.3, -0.25) is 28.4 Å². The number of aryl methyl sites for hydroxylation is 1. The van der Waals surface area contributed by atoms with Crippen molar-refractivity contribution in [3.8, 4) is 0 Å². The van der Waals surface area contributed by atoms with Crippen molar-refractivity contribution in [1.82, 2.24) is 14.0 Å². The molecule has 0 bridgehead atoms. The largest absolute Gasteiger partial charge is 0.468 e. The molecule has 30 heavy (non-hydrogen) atoms. The van der Waals surface area contributed by atoms with Crippen molar-refractivity contribution in [3.05, 3.63) is 32.6 Å². The topological polar surface area (TPSA) is 150 Å². The normalized spacial score (nSPS) is 21.1. The fraction of sp³-hybridized carbons (Fsp3) is 0.667. The second-order valence-corrected chi connectivity index (χ2v) is 6.94. The lowest BCUT2D eigenvalue weighted by Gasteiger charge is -2.21. The maximum Gasteiger partial charge on any atom is 0.333 e. The molecular weight excluding hydrogens is 402 g/mol. The first-order valence-electron chi connectivity index (χ1n) is 9.34. The van der Waals surface area contributed by atoms with Gasteiger partial charge >= 0.3 is 17.6 Å². The Morgan fingerprint density at radius 3 is 2.33 bits per heavy atom. The highest BCUT2D eigenvalue weighted by Crippen LogP contribution is 2.27. The van der Waals surface area contributed by atoms with Crippen LogP contribution in [-0.2, 0) is 30.3 Å². The van der Waals surface area contributed by atoms with E-state index < -0.39 is 48.2 Å². The summed E-state index contributed by atoms with van der Waals surface area (Å²) in [6.07, 6.45) is -1.17. The number of carbonyl (C=O) groups excluding carboxylic acids is 2. The van der Waals surface area contributed by atoms with Gasteiger partial charge in [-0.05, 0) is 6.92 Å². The molecule has 0 saturated carbocycles. The minimum absolute atomic E-state index is 0.0240. The summed E-state index contributed by atoms with van der Waals surface area (Å²) in [6, 6.07) is 0. The SMILES string of the molecule is COC(=O)CN(CCn1c(=O)c(C)cn([C@H]2C[C@H](O)[C@@H](CO)O2)c1=O)CC(=O)OC. The minimum atomic E-state index is -0.941. The number of hydrogen-bond acceptors (Lipinski definition) is 10. The summed E-state index contributed by atoms with van der Waals surface area (Å²) in [4.78, 5) is 50.0. The number of aromatic nitrogens is 2. The first-order chi connectivity index (χ1) is 14.2. The number of esters is 2. The van der Waals surface area contributed by atoms with Gasteiger partial charge in [0.2, 0.25) is 0 Å². The highest BCUT2D eigenvalue weighted by Gasteiger charge is 2.35. The molecule has 168 valence electrons. The Labute approximate surface area is 172 Å². The molecule has 1 aromatic rings. The lowest BCUT2D eigenvalue weighted by molar-refractivity contribution is -0.145. The number of nitrogens with zero attached hydrogens (tertiary/aromatic N) is 3. The van der Waals surface area contributed by atoms with Crippen molar-refractivity contribution in [2.45, 2.75) is 38.3 Å². The molecule has 12 nitrogen and oxygen atoms in total. The van der Waals surface area contributed by atoms with Crippen molar-refractivity contribution in [3.63, 3.8) is 0 Å². The van der Waals surface area contributed by atoms with E-state index in [1.807, 2.05) is 0 Å². The number of aliphatic hydroxyl groups excluding tert-OH is 2. The number of aliphatic hydroxyl groups is 2. The van der Waals surface area contributed by atoms with Crippen LogP contribution in [0.3, 0.4) is 0 Å². The molecule has 12 heteroatoms. The Balaban J connectivity index is 2.26. The molecule has 1 aromatic heterocycles. The standard InChI is InChI=1S/C18H27N3O9/c1-11-7-21(14-6-12(23)13(10-22)30-14)18(27)20(17(11)26)5-4-19(8-15(24)28-2)9-16(25)29-3/h7,12-14,22-23H,4-6,8-10H2,1-3H3/t12-,13+,14+/m0/s1. The van der Waals surface area contributed by atoms with Crippen LogP contribution < -0.4 is 11.2 Å². The zero-order valence-electron chi connectivity index (χ0n) is 17.1. The van der Waals surface area contributed by atoms with Crippen LogP contribution >= 0.6 is 0 Å². The molecule has 0 amide bonds. The fourth-order valence-corrected chi connectivity index (χ4v) is 3.16. The number of carbonyl (C=O) groups is 2. The van der Waals surface area contributed by atoms with E-state index in [9.17, 15) is 29.4 Å². The summed E-state index contributed by atoms with van der Waals surface area (Å²) < 4.78 is 16.9. The van der Waals surface area contributed by atoms with Crippen LogP contribution in [0.25, 0.3) is 0 Å². The average Bonchev–Trinajstić information content (AvgIpc) is 3.10. The van der Waals surface area contributed by atoms with Gasteiger partial charge in [0.1, 0.15) is 12.3 Å². The smallest absolute Gasteiger partial charge is 0.333 e. The molecule has 2 N–H and O–H groups in total. The van der Waals surface area contributed by atoms with Gasteiger partial charge in [-0.25, -0.2) is 4.79 Å². The molecule has 1 saturated heterocycles. The van der Waals surface area contributed by atoms with Gasteiger partial charge in [-0.2, -0.15) is 0 Å². The Morgan fingerprint density at radius 2 is 1.83 bits per heavy atom. The van der Waals surface area contributed by atoms with E-state index in [1.54, 1.807) is 0 Å². The monoisotopic (exact) mass is 429 g/mol. The zero-order valence-corrected chi connectivity index (χ0v) is 17.1. The van der Waals surface area contributed by atoms with E-state index in [0.717, 1.165) is 4.57 Å².